The number of aliphatic imine (C=N–C) groups is 1. The summed E-state index contributed by atoms with van der Waals surface area (Å²) < 4.78 is 40.2. The van der Waals surface area contributed by atoms with Crippen LogP contribution in [0.1, 0.15) is 56.7 Å². The van der Waals surface area contributed by atoms with Crippen LogP contribution in [-0.4, -0.2) is 28.8 Å². The fraction of sp³-hybridized carbons (Fsp3) is 0.765. The third kappa shape index (κ3) is 6.62. The van der Waals surface area contributed by atoms with E-state index in [0.717, 1.165) is 18.8 Å². The molecule has 1 saturated carbocycles. The van der Waals surface area contributed by atoms with Crippen LogP contribution >= 0.6 is 24.0 Å². The van der Waals surface area contributed by atoms with Crippen molar-refractivity contribution in [3.05, 3.63) is 17.5 Å². The van der Waals surface area contributed by atoms with E-state index in [1.165, 1.54) is 43.6 Å². The van der Waals surface area contributed by atoms with Crippen molar-refractivity contribution in [1.29, 1.82) is 0 Å². The SMILES string of the molecule is CCCC1CCC(NC(=NC)NCc2cn(C)nc2C(F)(F)F)CC1.I. The predicted octanol–water partition coefficient (Wildman–Crippen LogP) is 4.08. The average Bonchev–Trinajstić information content (AvgIpc) is 2.94. The summed E-state index contributed by atoms with van der Waals surface area (Å²) in [5, 5.41) is 9.83. The van der Waals surface area contributed by atoms with Crippen LogP contribution in [0.15, 0.2) is 11.2 Å². The van der Waals surface area contributed by atoms with Gasteiger partial charge in [0.1, 0.15) is 0 Å². The molecular weight excluding hydrogens is 458 g/mol. The topological polar surface area (TPSA) is 54.2 Å². The molecule has 150 valence electrons. The number of alkyl halides is 3. The molecule has 0 radical (unpaired) electrons. The third-order valence-electron chi connectivity index (χ3n) is 4.73. The van der Waals surface area contributed by atoms with Gasteiger partial charge < -0.3 is 10.6 Å². The monoisotopic (exact) mass is 487 g/mol. The van der Waals surface area contributed by atoms with Gasteiger partial charge in [-0.1, -0.05) is 19.8 Å². The first-order chi connectivity index (χ1) is 11.8. The molecule has 1 fully saturated rings. The zero-order chi connectivity index (χ0) is 18.4. The molecule has 1 heterocycles. The Hall–Kier alpha value is -1.00. The molecule has 2 rings (SSSR count). The van der Waals surface area contributed by atoms with Gasteiger partial charge >= 0.3 is 6.18 Å². The van der Waals surface area contributed by atoms with Gasteiger partial charge in [-0.3, -0.25) is 9.67 Å². The Morgan fingerprint density at radius 2 is 1.96 bits per heavy atom. The van der Waals surface area contributed by atoms with E-state index in [1.54, 1.807) is 7.05 Å². The molecule has 1 aromatic heterocycles. The zero-order valence-corrected chi connectivity index (χ0v) is 17.9. The minimum absolute atomic E-state index is 0. The maximum atomic E-state index is 13.0. The summed E-state index contributed by atoms with van der Waals surface area (Å²) in [5.74, 6) is 1.35. The molecule has 1 aliphatic carbocycles. The van der Waals surface area contributed by atoms with Gasteiger partial charge in [0, 0.05) is 38.4 Å². The highest BCUT2D eigenvalue weighted by Crippen LogP contribution is 2.30. The Morgan fingerprint density at radius 3 is 2.50 bits per heavy atom. The van der Waals surface area contributed by atoms with Gasteiger partial charge in [0.2, 0.25) is 0 Å². The zero-order valence-electron chi connectivity index (χ0n) is 15.6. The van der Waals surface area contributed by atoms with Gasteiger partial charge in [-0.05, 0) is 31.6 Å². The first-order valence-electron chi connectivity index (χ1n) is 8.90. The maximum Gasteiger partial charge on any atom is 0.435 e. The quantitative estimate of drug-likeness (QED) is 0.374. The fourth-order valence-electron chi connectivity index (χ4n) is 3.48. The van der Waals surface area contributed by atoms with Crippen molar-refractivity contribution in [2.24, 2.45) is 18.0 Å². The number of nitrogens with one attached hydrogen (secondary N) is 2. The summed E-state index contributed by atoms with van der Waals surface area (Å²) in [4.78, 5) is 4.14. The van der Waals surface area contributed by atoms with Crippen molar-refractivity contribution in [3.8, 4) is 0 Å². The maximum absolute atomic E-state index is 13.0. The summed E-state index contributed by atoms with van der Waals surface area (Å²) in [6.45, 7) is 2.25. The lowest BCUT2D eigenvalue weighted by molar-refractivity contribution is -0.142. The molecule has 0 unspecified atom stereocenters. The van der Waals surface area contributed by atoms with Gasteiger partial charge in [0.05, 0.1) is 0 Å². The largest absolute Gasteiger partial charge is 0.435 e. The number of nitrogens with zero attached hydrogens (tertiary/aromatic N) is 3. The molecule has 1 aromatic rings. The summed E-state index contributed by atoms with van der Waals surface area (Å²) in [7, 11) is 3.12. The number of aromatic nitrogens is 2. The predicted molar refractivity (Wildman–Crippen MR) is 108 cm³/mol. The number of hydrogen-bond acceptors (Lipinski definition) is 2. The Bertz CT molecular complexity index is 577. The average molecular weight is 487 g/mol. The first-order valence-corrected chi connectivity index (χ1v) is 8.90. The lowest BCUT2D eigenvalue weighted by atomic mass is 9.83. The van der Waals surface area contributed by atoms with Gasteiger partial charge in [0.25, 0.3) is 0 Å². The van der Waals surface area contributed by atoms with Crippen LogP contribution in [0.25, 0.3) is 0 Å². The second-order valence-electron chi connectivity index (χ2n) is 6.75. The molecule has 0 aliphatic heterocycles. The van der Waals surface area contributed by atoms with Crippen LogP contribution in [0.3, 0.4) is 0 Å². The van der Waals surface area contributed by atoms with E-state index in [-0.39, 0.29) is 36.1 Å². The number of aryl methyl sites for hydroxylation is 1. The van der Waals surface area contributed by atoms with E-state index in [4.69, 9.17) is 0 Å². The molecule has 0 spiro atoms. The lowest BCUT2D eigenvalue weighted by Gasteiger charge is -2.30. The number of rotatable bonds is 5. The molecule has 9 heteroatoms. The summed E-state index contributed by atoms with van der Waals surface area (Å²) in [6.07, 6.45) is 3.98. The van der Waals surface area contributed by atoms with Crippen LogP contribution in [0.2, 0.25) is 0 Å². The van der Waals surface area contributed by atoms with E-state index in [9.17, 15) is 13.2 Å². The first kappa shape index (κ1) is 23.0. The molecule has 0 aromatic carbocycles. The van der Waals surface area contributed by atoms with Crippen LogP contribution in [0.4, 0.5) is 13.2 Å². The standard InChI is InChI=1S/C17H28F3N5.HI/c1-4-5-12-6-8-14(9-7-12)23-16(21-2)22-10-13-11-25(3)24-15(13)17(18,19)20;/h11-12,14H,4-10H2,1-3H3,(H2,21,22,23);1H. The van der Waals surface area contributed by atoms with Crippen molar-refractivity contribution in [1.82, 2.24) is 20.4 Å². The molecule has 0 bridgehead atoms. The minimum Gasteiger partial charge on any atom is -0.354 e. The van der Waals surface area contributed by atoms with E-state index >= 15 is 0 Å². The fourth-order valence-corrected chi connectivity index (χ4v) is 3.48. The molecular formula is C17H29F3IN5. The second-order valence-corrected chi connectivity index (χ2v) is 6.75. The van der Waals surface area contributed by atoms with Gasteiger partial charge in [-0.15, -0.1) is 24.0 Å². The smallest absolute Gasteiger partial charge is 0.354 e. The van der Waals surface area contributed by atoms with Crippen molar-refractivity contribution >= 4 is 29.9 Å². The van der Waals surface area contributed by atoms with Crippen molar-refractivity contribution < 1.29 is 13.2 Å². The van der Waals surface area contributed by atoms with E-state index < -0.39 is 11.9 Å². The molecule has 0 atom stereocenters. The molecule has 1 aliphatic rings. The van der Waals surface area contributed by atoms with E-state index in [0.29, 0.717) is 12.0 Å². The van der Waals surface area contributed by atoms with Gasteiger partial charge in [-0.25, -0.2) is 0 Å². The molecule has 26 heavy (non-hydrogen) atoms. The highest BCUT2D eigenvalue weighted by atomic mass is 127. The van der Waals surface area contributed by atoms with Crippen LogP contribution < -0.4 is 10.6 Å². The normalized spacial score (nSPS) is 21.2. The highest BCUT2D eigenvalue weighted by molar-refractivity contribution is 14.0. The molecule has 2 N–H and O–H groups in total. The summed E-state index contributed by atoms with van der Waals surface area (Å²) in [5.41, 5.74) is -0.734. The van der Waals surface area contributed by atoms with Crippen molar-refractivity contribution in [3.63, 3.8) is 0 Å². The van der Waals surface area contributed by atoms with E-state index in [2.05, 4.69) is 27.6 Å². The van der Waals surface area contributed by atoms with Crippen LogP contribution in [0, 0.1) is 5.92 Å². The number of hydrogen-bond donors (Lipinski definition) is 2. The van der Waals surface area contributed by atoms with E-state index in [1.807, 2.05) is 0 Å². The second kappa shape index (κ2) is 10.4. The van der Waals surface area contributed by atoms with Gasteiger partial charge in [-0.2, -0.15) is 18.3 Å². The molecule has 0 saturated heterocycles. The Labute approximate surface area is 170 Å². The van der Waals surface area contributed by atoms with Gasteiger partial charge in [0.15, 0.2) is 11.7 Å². The van der Waals surface area contributed by atoms with Crippen molar-refractivity contribution in [2.75, 3.05) is 7.05 Å². The summed E-state index contributed by atoms with van der Waals surface area (Å²) in [6, 6.07) is 0.329. The minimum atomic E-state index is -4.45. The Kier molecular flexibility index (Phi) is 9.18. The third-order valence-corrected chi connectivity index (χ3v) is 4.73. The van der Waals surface area contributed by atoms with Crippen LogP contribution in [-0.2, 0) is 19.8 Å². The molecule has 5 nitrogen and oxygen atoms in total. The summed E-state index contributed by atoms with van der Waals surface area (Å²) >= 11 is 0. The highest BCUT2D eigenvalue weighted by Gasteiger charge is 2.36. The number of halogens is 4. The Morgan fingerprint density at radius 1 is 1.31 bits per heavy atom. The Balaban J connectivity index is 0.00000338. The number of guanidine groups is 1. The van der Waals surface area contributed by atoms with Crippen LogP contribution in [0.5, 0.6) is 0 Å². The lowest BCUT2D eigenvalue weighted by Crippen LogP contribution is -2.44. The molecule has 0 amide bonds. The van der Waals surface area contributed by atoms with Crippen molar-refractivity contribution in [2.45, 2.75) is 64.2 Å².